The quantitative estimate of drug-likeness (QED) is 0.741. The van der Waals surface area contributed by atoms with Crippen molar-refractivity contribution in [2.75, 3.05) is 0 Å². The lowest BCUT2D eigenvalue weighted by Crippen LogP contribution is -2.03. The number of benzene rings is 1. The van der Waals surface area contributed by atoms with Crippen LogP contribution in [-0.4, -0.2) is 11.1 Å². The standard InChI is InChI=1S/C11H12FNO2/c12-9-4-1-8(2-5-9)3-6-10(13)7-11(14)15/h1-2,4-5,7H,3,6,13H2,(H,14,15). The number of nitrogens with two attached hydrogens (primary N) is 1. The molecular weight excluding hydrogens is 197 g/mol. The van der Waals surface area contributed by atoms with Gasteiger partial charge in [-0.15, -0.1) is 0 Å². The summed E-state index contributed by atoms with van der Waals surface area (Å²) in [6.45, 7) is 0. The van der Waals surface area contributed by atoms with Crippen molar-refractivity contribution >= 4 is 5.97 Å². The molecule has 0 aliphatic carbocycles. The number of rotatable bonds is 4. The molecule has 3 N–H and O–H groups in total. The van der Waals surface area contributed by atoms with Gasteiger partial charge in [0.2, 0.25) is 0 Å². The Balaban J connectivity index is 2.50. The number of hydrogen-bond acceptors (Lipinski definition) is 2. The predicted octanol–water partition coefficient (Wildman–Crippen LogP) is 1.69. The SMILES string of the molecule is NC(=CC(=O)O)CCc1ccc(F)cc1. The van der Waals surface area contributed by atoms with Gasteiger partial charge in [-0.05, 0) is 30.5 Å². The first-order valence-corrected chi connectivity index (χ1v) is 4.51. The highest BCUT2D eigenvalue weighted by molar-refractivity contribution is 5.80. The Kier molecular flexibility index (Phi) is 3.85. The molecule has 80 valence electrons. The summed E-state index contributed by atoms with van der Waals surface area (Å²) < 4.78 is 12.5. The zero-order valence-corrected chi connectivity index (χ0v) is 8.11. The summed E-state index contributed by atoms with van der Waals surface area (Å²) in [4.78, 5) is 10.3. The van der Waals surface area contributed by atoms with Crippen LogP contribution in [0.2, 0.25) is 0 Å². The lowest BCUT2D eigenvalue weighted by molar-refractivity contribution is -0.131. The smallest absolute Gasteiger partial charge is 0.330 e. The third kappa shape index (κ3) is 4.26. The minimum absolute atomic E-state index is 0.284. The van der Waals surface area contributed by atoms with E-state index >= 15 is 0 Å². The highest BCUT2D eigenvalue weighted by atomic mass is 19.1. The highest BCUT2D eigenvalue weighted by Gasteiger charge is 1.98. The maximum Gasteiger partial charge on any atom is 0.330 e. The second kappa shape index (κ2) is 5.14. The third-order valence-corrected chi connectivity index (χ3v) is 1.92. The molecule has 0 atom stereocenters. The molecule has 0 heterocycles. The third-order valence-electron chi connectivity index (χ3n) is 1.92. The number of aliphatic carboxylic acids is 1. The van der Waals surface area contributed by atoms with E-state index in [9.17, 15) is 9.18 Å². The summed E-state index contributed by atoms with van der Waals surface area (Å²) in [6, 6.07) is 6.05. The average molecular weight is 209 g/mol. The Bertz CT molecular complexity index is 371. The molecule has 0 amide bonds. The molecule has 1 aromatic rings. The predicted molar refractivity (Wildman–Crippen MR) is 54.6 cm³/mol. The number of carbonyl (C=O) groups is 1. The van der Waals surface area contributed by atoms with Crippen LogP contribution in [0.3, 0.4) is 0 Å². The number of carboxylic acid groups (broad SMARTS) is 1. The van der Waals surface area contributed by atoms with Crippen molar-refractivity contribution in [1.82, 2.24) is 0 Å². The lowest BCUT2D eigenvalue weighted by Gasteiger charge is -2.01. The molecule has 0 unspecified atom stereocenters. The fourth-order valence-electron chi connectivity index (χ4n) is 1.17. The highest BCUT2D eigenvalue weighted by Crippen LogP contribution is 2.07. The molecule has 3 nitrogen and oxygen atoms in total. The van der Waals surface area contributed by atoms with E-state index in [1.807, 2.05) is 0 Å². The Hall–Kier alpha value is -1.84. The normalized spacial score (nSPS) is 11.4. The summed E-state index contributed by atoms with van der Waals surface area (Å²) in [6.07, 6.45) is 2.04. The average Bonchev–Trinajstić information content (AvgIpc) is 2.16. The van der Waals surface area contributed by atoms with Gasteiger partial charge in [-0.3, -0.25) is 0 Å². The molecule has 0 bridgehead atoms. The number of allylic oxidation sites excluding steroid dienone is 1. The molecule has 1 aromatic carbocycles. The minimum Gasteiger partial charge on any atom is -0.478 e. The van der Waals surface area contributed by atoms with Crippen molar-refractivity contribution in [2.45, 2.75) is 12.8 Å². The van der Waals surface area contributed by atoms with Gasteiger partial charge >= 0.3 is 5.97 Å². The van der Waals surface area contributed by atoms with Crippen molar-refractivity contribution in [3.05, 3.63) is 47.4 Å². The molecule has 0 spiro atoms. The largest absolute Gasteiger partial charge is 0.478 e. The molecule has 4 heteroatoms. The van der Waals surface area contributed by atoms with Gasteiger partial charge in [-0.1, -0.05) is 12.1 Å². The number of aryl methyl sites for hydroxylation is 1. The fourth-order valence-corrected chi connectivity index (χ4v) is 1.17. The van der Waals surface area contributed by atoms with Crippen LogP contribution in [0.1, 0.15) is 12.0 Å². The monoisotopic (exact) mass is 209 g/mol. The van der Waals surface area contributed by atoms with Gasteiger partial charge in [0.05, 0.1) is 0 Å². The van der Waals surface area contributed by atoms with Crippen molar-refractivity contribution in [3.8, 4) is 0 Å². The van der Waals surface area contributed by atoms with Crippen molar-refractivity contribution in [3.63, 3.8) is 0 Å². The second-order valence-electron chi connectivity index (χ2n) is 3.18. The van der Waals surface area contributed by atoms with Gasteiger partial charge < -0.3 is 10.8 Å². The molecular formula is C11H12FNO2. The molecule has 0 fully saturated rings. The number of hydrogen-bond donors (Lipinski definition) is 2. The molecule has 0 radical (unpaired) electrons. The van der Waals surface area contributed by atoms with Crippen LogP contribution in [0.4, 0.5) is 4.39 Å². The van der Waals surface area contributed by atoms with E-state index in [2.05, 4.69) is 0 Å². The lowest BCUT2D eigenvalue weighted by atomic mass is 10.1. The number of carboxylic acids is 1. The van der Waals surface area contributed by atoms with Crippen LogP contribution < -0.4 is 5.73 Å². The van der Waals surface area contributed by atoms with Crippen molar-refractivity contribution in [1.29, 1.82) is 0 Å². The molecule has 0 saturated carbocycles. The van der Waals surface area contributed by atoms with Crippen LogP contribution in [0, 0.1) is 5.82 Å². The van der Waals surface area contributed by atoms with E-state index in [1.54, 1.807) is 12.1 Å². The van der Waals surface area contributed by atoms with E-state index in [4.69, 9.17) is 10.8 Å². The van der Waals surface area contributed by atoms with Crippen LogP contribution in [0.15, 0.2) is 36.0 Å². The van der Waals surface area contributed by atoms with Gasteiger partial charge in [0.15, 0.2) is 0 Å². The molecule has 0 aromatic heterocycles. The Morgan fingerprint density at radius 1 is 1.40 bits per heavy atom. The van der Waals surface area contributed by atoms with Crippen LogP contribution in [-0.2, 0) is 11.2 Å². The molecule has 0 aliphatic heterocycles. The molecule has 1 rings (SSSR count). The maximum absolute atomic E-state index is 12.5. The van der Waals surface area contributed by atoms with Gasteiger partial charge in [-0.25, -0.2) is 9.18 Å². The van der Waals surface area contributed by atoms with Gasteiger partial charge in [0, 0.05) is 11.8 Å². The topological polar surface area (TPSA) is 63.3 Å². The number of halogens is 1. The van der Waals surface area contributed by atoms with Crippen LogP contribution in [0.5, 0.6) is 0 Å². The Labute approximate surface area is 87.0 Å². The maximum atomic E-state index is 12.5. The van der Waals surface area contributed by atoms with E-state index < -0.39 is 5.97 Å². The summed E-state index contributed by atoms with van der Waals surface area (Å²) >= 11 is 0. The van der Waals surface area contributed by atoms with Gasteiger partial charge in [0.1, 0.15) is 5.82 Å². The molecule has 0 saturated heterocycles. The Morgan fingerprint density at radius 3 is 2.53 bits per heavy atom. The van der Waals surface area contributed by atoms with Crippen molar-refractivity contribution < 1.29 is 14.3 Å². The van der Waals surface area contributed by atoms with Gasteiger partial charge in [-0.2, -0.15) is 0 Å². The first kappa shape index (κ1) is 11.2. The first-order valence-electron chi connectivity index (χ1n) is 4.51. The van der Waals surface area contributed by atoms with Crippen molar-refractivity contribution in [2.24, 2.45) is 5.73 Å². The summed E-state index contributed by atoms with van der Waals surface area (Å²) in [5, 5.41) is 8.41. The van der Waals surface area contributed by atoms with Crippen LogP contribution in [0.25, 0.3) is 0 Å². The van der Waals surface area contributed by atoms with E-state index in [0.717, 1.165) is 11.6 Å². The summed E-state index contributed by atoms with van der Waals surface area (Å²) in [5.41, 5.74) is 6.70. The van der Waals surface area contributed by atoms with E-state index in [0.29, 0.717) is 18.5 Å². The molecule has 0 aliphatic rings. The molecule has 15 heavy (non-hydrogen) atoms. The fraction of sp³-hybridized carbons (Fsp3) is 0.182. The van der Waals surface area contributed by atoms with Gasteiger partial charge in [0.25, 0.3) is 0 Å². The minimum atomic E-state index is -1.05. The first-order chi connectivity index (χ1) is 7.08. The van der Waals surface area contributed by atoms with E-state index in [1.165, 1.54) is 12.1 Å². The van der Waals surface area contributed by atoms with Crippen LogP contribution >= 0.6 is 0 Å². The zero-order valence-electron chi connectivity index (χ0n) is 8.11. The summed E-state index contributed by atoms with van der Waals surface area (Å²) in [5.74, 6) is -1.33. The Morgan fingerprint density at radius 2 is 2.00 bits per heavy atom. The summed E-state index contributed by atoms with van der Waals surface area (Å²) in [7, 11) is 0. The zero-order chi connectivity index (χ0) is 11.3. The van der Waals surface area contributed by atoms with E-state index in [-0.39, 0.29) is 5.82 Å². The second-order valence-corrected chi connectivity index (χ2v) is 3.18.